The minimum Gasteiger partial charge on any atom is -0.356 e. The summed E-state index contributed by atoms with van der Waals surface area (Å²) >= 11 is 3.26. The summed E-state index contributed by atoms with van der Waals surface area (Å²) in [5.74, 6) is -0.161. The van der Waals surface area contributed by atoms with Crippen LogP contribution in [0.5, 0.6) is 0 Å². The standard InChI is InChI=1S/C18H21BrN2O3S/c19-16-8-10-17(11-9-16)25(23,24)21-14-12-18(22)20-13-4-7-15-5-2-1-3-6-15/h1-3,5-6,8-11,21H,4,7,12-14H2,(H,20,22). The van der Waals surface area contributed by atoms with Gasteiger partial charge in [0.05, 0.1) is 4.90 Å². The molecule has 1 amide bonds. The number of sulfonamides is 1. The highest BCUT2D eigenvalue weighted by atomic mass is 79.9. The minimum absolute atomic E-state index is 0.0723. The van der Waals surface area contributed by atoms with Gasteiger partial charge in [-0.3, -0.25) is 4.79 Å². The molecule has 0 heterocycles. The van der Waals surface area contributed by atoms with Crippen molar-refractivity contribution in [3.05, 3.63) is 64.6 Å². The van der Waals surface area contributed by atoms with E-state index >= 15 is 0 Å². The van der Waals surface area contributed by atoms with Crippen LogP contribution in [-0.4, -0.2) is 27.4 Å². The third-order valence-corrected chi connectivity index (χ3v) is 5.58. The quantitative estimate of drug-likeness (QED) is 0.607. The zero-order chi connectivity index (χ0) is 18.1. The fraction of sp³-hybridized carbons (Fsp3) is 0.278. The third kappa shape index (κ3) is 6.97. The number of rotatable bonds is 9. The number of hydrogen-bond acceptors (Lipinski definition) is 3. The van der Waals surface area contributed by atoms with E-state index in [1.165, 1.54) is 17.7 Å². The van der Waals surface area contributed by atoms with Crippen LogP contribution >= 0.6 is 15.9 Å². The Labute approximate surface area is 157 Å². The van der Waals surface area contributed by atoms with Gasteiger partial charge in [-0.05, 0) is 42.7 Å². The predicted octanol–water partition coefficient (Wildman–Crippen LogP) is 2.87. The van der Waals surface area contributed by atoms with Gasteiger partial charge in [-0.15, -0.1) is 0 Å². The van der Waals surface area contributed by atoms with E-state index in [0.717, 1.165) is 17.3 Å². The molecule has 7 heteroatoms. The largest absolute Gasteiger partial charge is 0.356 e. The van der Waals surface area contributed by atoms with E-state index < -0.39 is 10.0 Å². The average molecular weight is 425 g/mol. The van der Waals surface area contributed by atoms with Crippen LogP contribution in [-0.2, 0) is 21.2 Å². The molecular weight excluding hydrogens is 404 g/mol. The summed E-state index contributed by atoms with van der Waals surface area (Å²) < 4.78 is 27.4. The lowest BCUT2D eigenvalue weighted by Gasteiger charge is -2.08. The van der Waals surface area contributed by atoms with E-state index in [9.17, 15) is 13.2 Å². The molecule has 5 nitrogen and oxygen atoms in total. The molecule has 0 aromatic heterocycles. The highest BCUT2D eigenvalue weighted by Crippen LogP contribution is 2.14. The van der Waals surface area contributed by atoms with E-state index in [-0.39, 0.29) is 23.8 Å². The van der Waals surface area contributed by atoms with E-state index in [2.05, 4.69) is 38.1 Å². The molecule has 0 saturated carbocycles. The van der Waals surface area contributed by atoms with Gasteiger partial charge in [0.25, 0.3) is 0 Å². The van der Waals surface area contributed by atoms with Crippen LogP contribution in [0.25, 0.3) is 0 Å². The summed E-state index contributed by atoms with van der Waals surface area (Å²) in [7, 11) is -3.58. The number of benzene rings is 2. The topological polar surface area (TPSA) is 75.3 Å². The van der Waals surface area contributed by atoms with Gasteiger partial charge < -0.3 is 5.32 Å². The first-order valence-electron chi connectivity index (χ1n) is 8.03. The highest BCUT2D eigenvalue weighted by molar-refractivity contribution is 9.10. The van der Waals surface area contributed by atoms with Crippen LogP contribution in [0.15, 0.2) is 64.0 Å². The first-order chi connectivity index (χ1) is 12.0. The molecule has 0 radical (unpaired) electrons. The van der Waals surface area contributed by atoms with Gasteiger partial charge in [-0.25, -0.2) is 13.1 Å². The molecule has 2 rings (SSSR count). The predicted molar refractivity (Wildman–Crippen MR) is 102 cm³/mol. The lowest BCUT2D eigenvalue weighted by molar-refractivity contribution is -0.120. The van der Waals surface area contributed by atoms with Crippen molar-refractivity contribution in [1.29, 1.82) is 0 Å². The Morgan fingerprint density at radius 3 is 2.32 bits per heavy atom. The van der Waals surface area contributed by atoms with Gasteiger partial charge in [0.15, 0.2) is 0 Å². The SMILES string of the molecule is O=C(CCNS(=O)(=O)c1ccc(Br)cc1)NCCCc1ccccc1. The molecule has 0 bridgehead atoms. The molecule has 2 aromatic carbocycles. The molecule has 0 aliphatic rings. The zero-order valence-corrected chi connectivity index (χ0v) is 16.1. The number of halogens is 1. The molecule has 0 fully saturated rings. The molecule has 2 aromatic rings. The minimum atomic E-state index is -3.58. The fourth-order valence-electron chi connectivity index (χ4n) is 2.25. The molecule has 25 heavy (non-hydrogen) atoms. The normalized spacial score (nSPS) is 11.2. The second kappa shape index (κ2) is 9.70. The Morgan fingerprint density at radius 2 is 1.64 bits per heavy atom. The maximum absolute atomic E-state index is 12.1. The van der Waals surface area contributed by atoms with Crippen LogP contribution in [0.1, 0.15) is 18.4 Å². The maximum Gasteiger partial charge on any atom is 0.240 e. The number of amides is 1. The summed E-state index contributed by atoms with van der Waals surface area (Å²) in [6, 6.07) is 16.4. The van der Waals surface area contributed by atoms with Crippen molar-refractivity contribution in [2.75, 3.05) is 13.1 Å². The van der Waals surface area contributed by atoms with Gasteiger partial charge in [0.2, 0.25) is 15.9 Å². The average Bonchev–Trinajstić information content (AvgIpc) is 2.60. The zero-order valence-electron chi connectivity index (χ0n) is 13.7. The van der Waals surface area contributed by atoms with Gasteiger partial charge in [-0.1, -0.05) is 46.3 Å². The molecule has 0 aliphatic heterocycles. The number of hydrogen-bond donors (Lipinski definition) is 2. The lowest BCUT2D eigenvalue weighted by Crippen LogP contribution is -2.31. The number of carbonyl (C=O) groups is 1. The summed E-state index contributed by atoms with van der Waals surface area (Å²) in [4.78, 5) is 11.9. The summed E-state index contributed by atoms with van der Waals surface area (Å²) in [5, 5.41) is 2.81. The van der Waals surface area contributed by atoms with Gasteiger partial charge in [0.1, 0.15) is 0 Å². The second-order valence-corrected chi connectivity index (χ2v) is 8.22. The second-order valence-electron chi connectivity index (χ2n) is 5.54. The van der Waals surface area contributed by atoms with Crippen molar-refractivity contribution in [1.82, 2.24) is 10.0 Å². The van der Waals surface area contributed by atoms with Gasteiger partial charge >= 0.3 is 0 Å². The van der Waals surface area contributed by atoms with Crippen LogP contribution in [0.4, 0.5) is 0 Å². The van der Waals surface area contributed by atoms with Crippen LogP contribution in [0.3, 0.4) is 0 Å². The van der Waals surface area contributed by atoms with Gasteiger partial charge in [0, 0.05) is 24.0 Å². The Morgan fingerprint density at radius 1 is 0.960 bits per heavy atom. The van der Waals surface area contributed by atoms with Crippen molar-refractivity contribution in [3.63, 3.8) is 0 Å². The highest BCUT2D eigenvalue weighted by Gasteiger charge is 2.13. The Balaban J connectivity index is 1.65. The Hall–Kier alpha value is -1.70. The molecule has 2 N–H and O–H groups in total. The summed E-state index contributed by atoms with van der Waals surface area (Å²) in [6.07, 6.45) is 1.86. The van der Waals surface area contributed by atoms with E-state index in [1.54, 1.807) is 12.1 Å². The van der Waals surface area contributed by atoms with Gasteiger partial charge in [-0.2, -0.15) is 0 Å². The molecule has 0 unspecified atom stereocenters. The monoisotopic (exact) mass is 424 g/mol. The number of aryl methyl sites for hydroxylation is 1. The molecular formula is C18H21BrN2O3S. The van der Waals surface area contributed by atoms with Crippen molar-refractivity contribution in [2.45, 2.75) is 24.2 Å². The third-order valence-electron chi connectivity index (χ3n) is 3.58. The van der Waals surface area contributed by atoms with Crippen molar-refractivity contribution >= 4 is 31.9 Å². The Bertz CT molecular complexity index is 778. The van der Waals surface area contributed by atoms with Crippen LogP contribution < -0.4 is 10.0 Å². The van der Waals surface area contributed by atoms with E-state index in [1.807, 2.05) is 18.2 Å². The summed E-state index contributed by atoms with van der Waals surface area (Å²) in [5.41, 5.74) is 1.24. The lowest BCUT2D eigenvalue weighted by atomic mass is 10.1. The number of carbonyl (C=O) groups excluding carboxylic acids is 1. The molecule has 0 spiro atoms. The fourth-order valence-corrected chi connectivity index (χ4v) is 3.55. The van der Waals surface area contributed by atoms with Crippen molar-refractivity contribution in [2.24, 2.45) is 0 Å². The van der Waals surface area contributed by atoms with E-state index in [4.69, 9.17) is 0 Å². The van der Waals surface area contributed by atoms with Crippen molar-refractivity contribution in [3.8, 4) is 0 Å². The maximum atomic E-state index is 12.1. The first kappa shape index (κ1) is 19.6. The van der Waals surface area contributed by atoms with Crippen molar-refractivity contribution < 1.29 is 13.2 Å². The van der Waals surface area contributed by atoms with Crippen LogP contribution in [0.2, 0.25) is 0 Å². The van der Waals surface area contributed by atoms with E-state index in [0.29, 0.717) is 6.54 Å². The molecule has 0 aliphatic carbocycles. The smallest absolute Gasteiger partial charge is 0.240 e. The molecule has 0 saturated heterocycles. The van der Waals surface area contributed by atoms with Crippen LogP contribution in [0, 0.1) is 0 Å². The number of nitrogens with one attached hydrogen (secondary N) is 2. The Kier molecular flexibility index (Phi) is 7.61. The first-order valence-corrected chi connectivity index (χ1v) is 10.3. The molecule has 134 valence electrons. The summed E-state index contributed by atoms with van der Waals surface area (Å²) in [6.45, 7) is 0.649. The molecule has 0 atom stereocenters.